The van der Waals surface area contributed by atoms with Gasteiger partial charge in [-0.15, -0.1) is 0 Å². The van der Waals surface area contributed by atoms with E-state index in [9.17, 15) is 29.9 Å². The smallest absolute Gasteiger partial charge is 0.410 e. The molecule has 0 radical (unpaired) electrons. The highest BCUT2D eigenvalue weighted by molar-refractivity contribution is 5.90. The molecule has 0 heterocycles. The summed E-state index contributed by atoms with van der Waals surface area (Å²) in [4.78, 5) is 42.0. The number of carbonyl (C=O) groups is 3. The number of benzene rings is 2. The molecule has 208 valence electrons. The van der Waals surface area contributed by atoms with Crippen molar-refractivity contribution in [3.8, 4) is 0 Å². The molecule has 2 N–H and O–H groups in total. The first-order chi connectivity index (χ1) is 17.8. The molecule has 11 nitrogen and oxygen atoms in total. The summed E-state index contributed by atoms with van der Waals surface area (Å²) in [5.74, 6) is -1.61. The van der Waals surface area contributed by atoms with Crippen LogP contribution in [0.2, 0.25) is 0 Å². The fraction of sp³-hybridized carbons (Fsp3) is 0.444. The molecule has 38 heavy (non-hydrogen) atoms. The highest BCUT2D eigenvalue weighted by Crippen LogP contribution is 2.30. The van der Waals surface area contributed by atoms with E-state index in [-0.39, 0.29) is 24.3 Å². The van der Waals surface area contributed by atoms with Gasteiger partial charge in [0.1, 0.15) is 17.7 Å². The van der Waals surface area contributed by atoms with Gasteiger partial charge in [0.25, 0.3) is 0 Å². The molecule has 0 aliphatic heterocycles. The van der Waals surface area contributed by atoms with Crippen LogP contribution in [0.15, 0.2) is 54.6 Å². The summed E-state index contributed by atoms with van der Waals surface area (Å²) < 4.78 is 10.6. The van der Waals surface area contributed by atoms with Crippen molar-refractivity contribution in [1.29, 1.82) is 0 Å². The molecule has 2 aromatic rings. The van der Waals surface area contributed by atoms with E-state index < -0.39 is 47.0 Å². The number of likely N-dealkylation sites (N-methyl/N-ethyl adjacent to an activating group) is 2. The predicted octanol–water partition coefficient (Wildman–Crippen LogP) is 3.28. The van der Waals surface area contributed by atoms with Crippen LogP contribution in [0, 0.1) is 5.21 Å². The van der Waals surface area contributed by atoms with E-state index in [1.54, 1.807) is 52.0 Å². The second kappa shape index (κ2) is 13.2. The van der Waals surface area contributed by atoms with Crippen LogP contribution < -0.4 is 5.23 Å². The molecule has 0 saturated carbocycles. The Labute approximate surface area is 222 Å². The maximum atomic E-state index is 13.9. The van der Waals surface area contributed by atoms with Crippen molar-refractivity contribution >= 4 is 23.7 Å². The summed E-state index contributed by atoms with van der Waals surface area (Å²) >= 11 is 0. The van der Waals surface area contributed by atoms with Crippen molar-refractivity contribution in [3.05, 3.63) is 70.9 Å². The first kappa shape index (κ1) is 30.6. The largest absolute Gasteiger partial charge is 0.733 e. The van der Waals surface area contributed by atoms with Gasteiger partial charge in [0, 0.05) is 26.1 Å². The number of carbonyl (C=O) groups excluding carboxylic acids is 3. The van der Waals surface area contributed by atoms with Gasteiger partial charge in [0.05, 0.1) is 12.3 Å². The van der Waals surface area contributed by atoms with Crippen LogP contribution in [-0.2, 0) is 25.5 Å². The zero-order valence-electron chi connectivity index (χ0n) is 22.5. The third-order valence-electron chi connectivity index (χ3n) is 5.76. The normalized spacial score (nSPS) is 13.6. The molecule has 3 atom stereocenters. The van der Waals surface area contributed by atoms with Crippen LogP contribution >= 0.6 is 0 Å². The molecule has 0 saturated heterocycles. The van der Waals surface area contributed by atoms with Crippen LogP contribution in [0.25, 0.3) is 0 Å². The summed E-state index contributed by atoms with van der Waals surface area (Å²) in [7, 11) is 2.71. The zero-order chi connectivity index (χ0) is 28.6. The van der Waals surface area contributed by atoms with E-state index in [2.05, 4.69) is 0 Å². The van der Waals surface area contributed by atoms with E-state index in [1.165, 1.54) is 38.4 Å². The van der Waals surface area contributed by atoms with Crippen LogP contribution in [0.3, 0.4) is 0 Å². The summed E-state index contributed by atoms with van der Waals surface area (Å²) in [6.07, 6.45) is -2.40. The van der Waals surface area contributed by atoms with Gasteiger partial charge < -0.3 is 29.9 Å². The fourth-order valence-corrected chi connectivity index (χ4v) is 3.87. The van der Waals surface area contributed by atoms with E-state index in [0.717, 1.165) is 15.4 Å². The molecule has 2 rings (SSSR count). The number of aliphatic hydroxyl groups excluding tert-OH is 1. The molecule has 0 bridgehead atoms. The Morgan fingerprint density at radius 3 is 2.11 bits per heavy atom. The molecular formula is C27H36N3O8-. The Morgan fingerprint density at radius 2 is 1.55 bits per heavy atom. The number of hydrogen-bond acceptors (Lipinski definition) is 9. The Hall–Kier alpha value is -3.67. The summed E-state index contributed by atoms with van der Waals surface area (Å²) in [6.45, 7) is 6.63. The second-order valence-corrected chi connectivity index (χ2v) is 9.72. The maximum Gasteiger partial charge on any atom is 0.410 e. The van der Waals surface area contributed by atoms with Gasteiger partial charge in [-0.2, -0.15) is 0 Å². The Kier molecular flexibility index (Phi) is 10.6. The lowest BCUT2D eigenvalue weighted by Crippen LogP contribution is -2.56. The average Bonchev–Trinajstić information content (AvgIpc) is 2.86. The number of amides is 2. The van der Waals surface area contributed by atoms with Gasteiger partial charge in [0.2, 0.25) is 5.91 Å². The number of aliphatic hydroxyl groups is 1. The molecule has 0 aliphatic rings. The van der Waals surface area contributed by atoms with E-state index >= 15 is 0 Å². The summed E-state index contributed by atoms with van der Waals surface area (Å²) in [5, 5.41) is 32.0. The minimum absolute atomic E-state index is 0.0370. The third kappa shape index (κ3) is 7.91. The van der Waals surface area contributed by atoms with Crippen molar-refractivity contribution in [2.75, 3.05) is 25.9 Å². The first-order valence-corrected chi connectivity index (χ1v) is 12.1. The Bertz CT molecular complexity index is 1090. The van der Waals surface area contributed by atoms with Crippen molar-refractivity contribution in [2.45, 2.75) is 57.9 Å². The summed E-state index contributed by atoms with van der Waals surface area (Å²) in [5.41, 5.74) is -0.473. The van der Waals surface area contributed by atoms with Crippen molar-refractivity contribution < 1.29 is 34.2 Å². The second-order valence-electron chi connectivity index (χ2n) is 9.72. The SMILES string of the molecule is CCOC(=O)C(C(O)c1ccccc1N([O-])O)N(C)C(=O)[C@H](Cc1ccccc1)N(C)C(=O)OC(C)(C)C. The van der Waals surface area contributed by atoms with Gasteiger partial charge in [-0.3, -0.25) is 14.9 Å². The van der Waals surface area contributed by atoms with Crippen molar-refractivity contribution in [3.63, 3.8) is 0 Å². The number of para-hydroxylation sites is 1. The van der Waals surface area contributed by atoms with Gasteiger partial charge in [-0.25, -0.2) is 9.59 Å². The van der Waals surface area contributed by atoms with Crippen molar-refractivity contribution in [1.82, 2.24) is 9.80 Å². The van der Waals surface area contributed by atoms with Crippen LogP contribution in [0.5, 0.6) is 0 Å². The number of anilines is 1. The van der Waals surface area contributed by atoms with Gasteiger partial charge >= 0.3 is 12.1 Å². The monoisotopic (exact) mass is 530 g/mol. The molecule has 0 aromatic heterocycles. The minimum Gasteiger partial charge on any atom is -0.733 e. The molecule has 2 aromatic carbocycles. The van der Waals surface area contributed by atoms with Gasteiger partial charge in [-0.1, -0.05) is 48.5 Å². The molecule has 0 aliphatic carbocycles. The predicted molar refractivity (Wildman–Crippen MR) is 140 cm³/mol. The lowest BCUT2D eigenvalue weighted by atomic mass is 9.97. The number of nitrogens with zero attached hydrogens (tertiary/aromatic N) is 3. The molecule has 11 heteroatoms. The van der Waals surface area contributed by atoms with Crippen LogP contribution in [0.1, 0.15) is 44.9 Å². The molecule has 0 spiro atoms. The molecule has 0 fully saturated rings. The summed E-state index contributed by atoms with van der Waals surface area (Å²) in [6, 6.07) is 11.8. The zero-order valence-corrected chi connectivity index (χ0v) is 22.5. The van der Waals surface area contributed by atoms with E-state index in [0.29, 0.717) is 0 Å². The third-order valence-corrected chi connectivity index (χ3v) is 5.76. The van der Waals surface area contributed by atoms with E-state index in [1.807, 2.05) is 6.07 Å². The average molecular weight is 531 g/mol. The van der Waals surface area contributed by atoms with Crippen LogP contribution in [-0.4, -0.2) is 76.5 Å². The number of hydrogen-bond donors (Lipinski definition) is 2. The Balaban J connectivity index is 2.51. The number of esters is 1. The quantitative estimate of drug-likeness (QED) is 0.349. The first-order valence-electron chi connectivity index (χ1n) is 12.1. The number of rotatable bonds is 10. The topological polar surface area (TPSA) is 143 Å². The van der Waals surface area contributed by atoms with E-state index in [4.69, 9.17) is 9.47 Å². The van der Waals surface area contributed by atoms with Gasteiger partial charge in [-0.05, 0) is 39.3 Å². The standard InChI is InChI=1S/C27H36N3O8/c1-7-37-25(33)22(23(31)19-15-11-12-16-20(19)30(35)36)29(6)24(32)21(17-18-13-9-8-10-14-18)28(5)26(34)38-27(2,3)4/h8-16,21-23,31,35H,7,17H2,1-6H3/q-1/t21-,22?,23?/m0/s1. The molecule has 2 amide bonds. The van der Waals surface area contributed by atoms with Gasteiger partial charge in [0.15, 0.2) is 6.04 Å². The molecule has 2 unspecified atom stereocenters. The minimum atomic E-state index is -1.74. The highest BCUT2D eigenvalue weighted by atomic mass is 16.8. The molecular weight excluding hydrogens is 494 g/mol. The lowest BCUT2D eigenvalue weighted by molar-refractivity contribution is -0.160. The van der Waals surface area contributed by atoms with Crippen LogP contribution in [0.4, 0.5) is 10.5 Å². The number of ether oxygens (including phenoxy) is 2. The Morgan fingerprint density at radius 1 is 0.974 bits per heavy atom. The fourth-order valence-electron chi connectivity index (χ4n) is 3.87. The maximum absolute atomic E-state index is 13.9. The lowest BCUT2D eigenvalue weighted by Gasteiger charge is -2.37. The highest BCUT2D eigenvalue weighted by Gasteiger charge is 2.41. The van der Waals surface area contributed by atoms with Crippen molar-refractivity contribution in [2.24, 2.45) is 0 Å².